The van der Waals surface area contributed by atoms with Crippen LogP contribution in [0.1, 0.15) is 0 Å². The van der Waals surface area contributed by atoms with Crippen molar-refractivity contribution in [3.05, 3.63) is 63.8 Å². The van der Waals surface area contributed by atoms with Gasteiger partial charge in [-0.1, -0.05) is 44.0 Å². The molecule has 3 aromatic carbocycles. The van der Waals surface area contributed by atoms with Crippen LogP contribution >= 0.6 is 31.9 Å². The number of aromatic nitrogens is 3. The zero-order chi connectivity index (χ0) is 16.3. The largest absolute Gasteiger partial charge is 0.262 e. The third-order valence-corrected chi connectivity index (χ3v) is 5.22. The average molecular weight is 439 g/mol. The van der Waals surface area contributed by atoms with Gasteiger partial charge < -0.3 is 0 Å². The van der Waals surface area contributed by atoms with Crippen LogP contribution in [0.5, 0.6) is 0 Å². The Balaban J connectivity index is 2.14. The van der Waals surface area contributed by atoms with E-state index in [1.54, 1.807) is 12.4 Å². The summed E-state index contributed by atoms with van der Waals surface area (Å²) < 4.78 is 2.10. The van der Waals surface area contributed by atoms with E-state index in [4.69, 9.17) is 9.97 Å². The Morgan fingerprint density at radius 1 is 0.625 bits per heavy atom. The minimum atomic E-state index is 0.811. The predicted octanol–water partition coefficient (Wildman–Crippen LogP) is 6.01. The molecule has 0 amide bonds. The molecule has 3 nitrogen and oxygen atoms in total. The van der Waals surface area contributed by atoms with Crippen LogP contribution in [0.15, 0.2) is 63.8 Å². The predicted molar refractivity (Wildman–Crippen MR) is 105 cm³/mol. The monoisotopic (exact) mass is 437 g/mol. The van der Waals surface area contributed by atoms with E-state index in [1.165, 1.54) is 0 Å². The van der Waals surface area contributed by atoms with Gasteiger partial charge in [0.1, 0.15) is 5.52 Å². The molecule has 0 saturated carbocycles. The number of rotatable bonds is 0. The van der Waals surface area contributed by atoms with Gasteiger partial charge in [-0.15, -0.1) is 0 Å². The third kappa shape index (κ3) is 2.05. The number of halogens is 2. The van der Waals surface area contributed by atoms with Crippen molar-refractivity contribution in [2.45, 2.75) is 0 Å². The highest BCUT2D eigenvalue weighted by molar-refractivity contribution is 9.10. The van der Waals surface area contributed by atoms with Gasteiger partial charge >= 0.3 is 0 Å². The summed E-state index contributed by atoms with van der Waals surface area (Å²) in [6.45, 7) is 0. The van der Waals surface area contributed by atoms with E-state index in [0.717, 1.165) is 52.6 Å². The van der Waals surface area contributed by atoms with Gasteiger partial charge in [-0.2, -0.15) is 0 Å². The fourth-order valence-corrected chi connectivity index (χ4v) is 3.90. The second kappa shape index (κ2) is 5.19. The maximum atomic E-state index is 4.88. The molecule has 2 aromatic heterocycles. The van der Waals surface area contributed by atoms with Crippen LogP contribution < -0.4 is 0 Å². The molecule has 5 rings (SSSR count). The number of fused-ring (bicyclic) bond motifs is 7. The maximum absolute atomic E-state index is 4.88. The van der Waals surface area contributed by atoms with Gasteiger partial charge in [-0.25, -0.2) is 9.97 Å². The Morgan fingerprint density at radius 2 is 1.21 bits per heavy atom. The van der Waals surface area contributed by atoms with E-state index >= 15 is 0 Å². The summed E-state index contributed by atoms with van der Waals surface area (Å²) in [5, 5.41) is 4.52. The summed E-state index contributed by atoms with van der Waals surface area (Å²) in [4.78, 5) is 13.9. The zero-order valence-corrected chi connectivity index (χ0v) is 15.5. The minimum absolute atomic E-state index is 0.811. The maximum Gasteiger partial charge on any atom is 0.108 e. The van der Waals surface area contributed by atoms with E-state index in [-0.39, 0.29) is 0 Å². The van der Waals surface area contributed by atoms with E-state index in [0.29, 0.717) is 0 Å². The first kappa shape index (κ1) is 14.3. The molecule has 0 spiro atoms. The third-order valence-electron chi connectivity index (χ3n) is 4.23. The van der Waals surface area contributed by atoms with Crippen molar-refractivity contribution < 1.29 is 0 Å². The van der Waals surface area contributed by atoms with Gasteiger partial charge in [0.25, 0.3) is 0 Å². The molecule has 0 bridgehead atoms. The number of pyridine rings is 1. The van der Waals surface area contributed by atoms with Crippen molar-refractivity contribution in [2.75, 3.05) is 0 Å². The van der Waals surface area contributed by atoms with Gasteiger partial charge in [0, 0.05) is 25.9 Å². The molecule has 2 heterocycles. The topological polar surface area (TPSA) is 38.7 Å². The molecule has 0 saturated heterocycles. The van der Waals surface area contributed by atoms with Crippen LogP contribution in [-0.4, -0.2) is 15.0 Å². The standard InChI is InChI=1S/C19H9Br2N3/c20-10-1-3-12-14(7-10)15-8-11(21)2-4-13(15)19-18(12)23-16-5-6-22-9-17(16)24-19/h1-9H. The van der Waals surface area contributed by atoms with Gasteiger partial charge in [-0.3, -0.25) is 4.98 Å². The summed E-state index contributed by atoms with van der Waals surface area (Å²) >= 11 is 7.17. The summed E-state index contributed by atoms with van der Waals surface area (Å²) in [6.07, 6.45) is 3.51. The molecular weight excluding hydrogens is 430 g/mol. The first-order valence-electron chi connectivity index (χ1n) is 7.43. The summed E-state index contributed by atoms with van der Waals surface area (Å²) in [6, 6.07) is 14.5. The lowest BCUT2D eigenvalue weighted by atomic mass is 9.99. The van der Waals surface area contributed by atoms with Crippen molar-refractivity contribution in [3.63, 3.8) is 0 Å². The van der Waals surface area contributed by atoms with Crippen LogP contribution in [0, 0.1) is 0 Å². The first-order valence-corrected chi connectivity index (χ1v) is 9.01. The lowest BCUT2D eigenvalue weighted by molar-refractivity contribution is 1.31. The number of hydrogen-bond acceptors (Lipinski definition) is 3. The van der Waals surface area contributed by atoms with E-state index in [9.17, 15) is 0 Å². The summed E-state index contributed by atoms with van der Waals surface area (Å²) in [5.74, 6) is 0. The van der Waals surface area contributed by atoms with Crippen molar-refractivity contribution >= 4 is 75.5 Å². The van der Waals surface area contributed by atoms with Gasteiger partial charge in [0.05, 0.1) is 22.7 Å². The summed E-state index contributed by atoms with van der Waals surface area (Å²) in [5.41, 5.74) is 3.50. The Bertz CT molecular complexity index is 1180. The number of nitrogens with zero attached hydrogens (tertiary/aromatic N) is 3. The van der Waals surface area contributed by atoms with E-state index in [2.05, 4.69) is 61.1 Å². The molecule has 0 unspecified atom stereocenters. The van der Waals surface area contributed by atoms with Crippen molar-refractivity contribution in [1.82, 2.24) is 15.0 Å². The number of benzene rings is 3. The lowest BCUT2D eigenvalue weighted by Gasteiger charge is -2.10. The van der Waals surface area contributed by atoms with Gasteiger partial charge in [0.2, 0.25) is 0 Å². The second-order valence-corrected chi connectivity index (χ2v) is 7.50. The van der Waals surface area contributed by atoms with Gasteiger partial charge in [0.15, 0.2) is 0 Å². The van der Waals surface area contributed by atoms with E-state index < -0.39 is 0 Å². The Morgan fingerprint density at radius 3 is 1.83 bits per heavy atom. The fraction of sp³-hybridized carbons (Fsp3) is 0. The SMILES string of the molecule is Brc1ccc2c(c1)c1cc(Br)ccc1c1nc3cnccc3nc21. The lowest BCUT2D eigenvalue weighted by Crippen LogP contribution is -1.92. The Hall–Kier alpha value is -2.11. The smallest absolute Gasteiger partial charge is 0.108 e. The second-order valence-electron chi connectivity index (χ2n) is 5.67. The van der Waals surface area contributed by atoms with Crippen molar-refractivity contribution in [2.24, 2.45) is 0 Å². The van der Waals surface area contributed by atoms with Crippen LogP contribution in [0.3, 0.4) is 0 Å². The molecule has 0 atom stereocenters. The molecule has 5 aromatic rings. The molecule has 114 valence electrons. The summed E-state index contributed by atoms with van der Waals surface area (Å²) in [7, 11) is 0. The molecule has 0 fully saturated rings. The Labute approximate surface area is 154 Å². The highest BCUT2D eigenvalue weighted by Gasteiger charge is 2.13. The highest BCUT2D eigenvalue weighted by Crippen LogP contribution is 2.36. The first-order chi connectivity index (χ1) is 11.7. The quantitative estimate of drug-likeness (QED) is 0.219. The minimum Gasteiger partial charge on any atom is -0.262 e. The normalized spacial score (nSPS) is 11.8. The molecule has 5 heteroatoms. The van der Waals surface area contributed by atoms with Crippen molar-refractivity contribution in [1.29, 1.82) is 0 Å². The Kier molecular flexibility index (Phi) is 3.08. The fourth-order valence-electron chi connectivity index (χ4n) is 3.17. The van der Waals surface area contributed by atoms with E-state index in [1.807, 2.05) is 18.2 Å². The molecular formula is C19H9Br2N3. The molecule has 24 heavy (non-hydrogen) atoms. The van der Waals surface area contributed by atoms with Crippen LogP contribution in [-0.2, 0) is 0 Å². The zero-order valence-electron chi connectivity index (χ0n) is 12.3. The van der Waals surface area contributed by atoms with Crippen LogP contribution in [0.4, 0.5) is 0 Å². The molecule has 0 aliphatic heterocycles. The van der Waals surface area contributed by atoms with Crippen LogP contribution in [0.2, 0.25) is 0 Å². The highest BCUT2D eigenvalue weighted by atomic mass is 79.9. The van der Waals surface area contributed by atoms with Crippen molar-refractivity contribution in [3.8, 4) is 0 Å². The average Bonchev–Trinajstić information content (AvgIpc) is 2.60. The number of hydrogen-bond donors (Lipinski definition) is 0. The molecule has 0 aliphatic carbocycles. The molecule has 0 N–H and O–H groups in total. The van der Waals surface area contributed by atoms with Crippen LogP contribution in [0.25, 0.3) is 43.6 Å². The van der Waals surface area contributed by atoms with Gasteiger partial charge in [-0.05, 0) is 41.1 Å². The molecule has 0 radical (unpaired) electrons. The molecule has 0 aliphatic rings.